The van der Waals surface area contributed by atoms with Gasteiger partial charge >= 0.3 is 0 Å². The van der Waals surface area contributed by atoms with Gasteiger partial charge in [0.25, 0.3) is 0 Å². The number of rotatable bonds is 2. The van der Waals surface area contributed by atoms with E-state index < -0.39 is 0 Å². The molecule has 1 aromatic rings. The lowest BCUT2D eigenvalue weighted by Gasteiger charge is -1.97. The summed E-state index contributed by atoms with van der Waals surface area (Å²) in [5.74, 6) is 0.454. The Morgan fingerprint density at radius 1 is 1.50 bits per heavy atom. The fourth-order valence-corrected chi connectivity index (χ4v) is 1.09. The van der Waals surface area contributed by atoms with Crippen molar-refractivity contribution in [1.29, 1.82) is 0 Å². The highest BCUT2D eigenvalue weighted by atomic mass is 32.1. The summed E-state index contributed by atoms with van der Waals surface area (Å²) in [4.78, 5) is 9.57. The number of hydrogen-bond donors (Lipinski definition) is 2. The van der Waals surface area contributed by atoms with Gasteiger partial charge in [-0.15, -0.1) is 0 Å². The molecule has 1 N–H and O–H groups in total. The first-order chi connectivity index (χ1) is 6.76. The van der Waals surface area contributed by atoms with Crippen LogP contribution < -0.4 is 4.72 Å². The summed E-state index contributed by atoms with van der Waals surface area (Å²) in [7, 11) is 0. The number of hydrogen-bond acceptors (Lipinski definition) is 3. The third-order valence-electron chi connectivity index (χ3n) is 1.96. The number of carbonyl (C=O) groups excluding carboxylic acids is 1. The van der Waals surface area contributed by atoms with Crippen LogP contribution in [0.3, 0.4) is 0 Å². The molecule has 0 atom stereocenters. The van der Waals surface area contributed by atoms with E-state index in [0.717, 1.165) is 24.8 Å². The van der Waals surface area contributed by atoms with Crippen molar-refractivity contribution in [2.24, 2.45) is 5.92 Å². The van der Waals surface area contributed by atoms with Crippen LogP contribution in [-0.4, -0.2) is 6.29 Å². The lowest BCUT2D eigenvalue weighted by molar-refractivity contribution is -0.108. The average Bonchev–Trinajstić information content (AvgIpc) is 3.02. The normalized spacial score (nSPS) is 13.9. The van der Waals surface area contributed by atoms with Gasteiger partial charge < -0.3 is 9.52 Å². The van der Waals surface area contributed by atoms with Gasteiger partial charge in [-0.25, -0.2) is 0 Å². The minimum absolute atomic E-state index is 0.454. The van der Waals surface area contributed by atoms with Crippen LogP contribution in [0.25, 0.3) is 0 Å². The van der Waals surface area contributed by atoms with Gasteiger partial charge in [0.15, 0.2) is 0 Å². The fourth-order valence-electron chi connectivity index (χ4n) is 0.947. The number of thiol groups is 1. The van der Waals surface area contributed by atoms with Gasteiger partial charge in [0.05, 0.1) is 0 Å². The molecule has 0 bridgehead atoms. The van der Waals surface area contributed by atoms with Crippen LogP contribution in [0.4, 0.5) is 5.69 Å². The molecule has 2 rings (SSSR count). The van der Waals surface area contributed by atoms with Gasteiger partial charge in [0.2, 0.25) is 0 Å². The van der Waals surface area contributed by atoms with Crippen LogP contribution in [0.1, 0.15) is 18.4 Å². The first-order valence-corrected chi connectivity index (χ1v) is 5.13. The van der Waals surface area contributed by atoms with Crippen molar-refractivity contribution in [3.63, 3.8) is 0 Å². The maximum atomic E-state index is 9.57. The summed E-state index contributed by atoms with van der Waals surface area (Å²) in [6.07, 6.45) is 3.31. The summed E-state index contributed by atoms with van der Waals surface area (Å²) in [6, 6.07) is 8.05. The van der Waals surface area contributed by atoms with E-state index >= 15 is 0 Å². The largest absolute Gasteiger partial charge is 0.332 e. The van der Waals surface area contributed by atoms with Crippen LogP contribution in [0.5, 0.6) is 0 Å². The second kappa shape index (κ2) is 5.70. The van der Waals surface area contributed by atoms with E-state index in [1.54, 1.807) is 0 Å². The molecule has 76 valence electrons. The van der Waals surface area contributed by atoms with Gasteiger partial charge in [0.1, 0.15) is 6.29 Å². The summed E-state index contributed by atoms with van der Waals surface area (Å²) in [5.41, 5.74) is 2.28. The van der Waals surface area contributed by atoms with Crippen molar-refractivity contribution in [1.82, 2.24) is 0 Å². The molecule has 14 heavy (non-hydrogen) atoms. The van der Waals surface area contributed by atoms with Crippen LogP contribution in [0.2, 0.25) is 0 Å². The van der Waals surface area contributed by atoms with Gasteiger partial charge in [-0.1, -0.05) is 24.9 Å². The summed E-state index contributed by atoms with van der Waals surface area (Å²) in [6.45, 7) is 2.05. The van der Waals surface area contributed by atoms with E-state index in [-0.39, 0.29) is 0 Å². The van der Waals surface area contributed by atoms with Crippen LogP contribution in [0, 0.1) is 12.8 Å². The number of nitrogens with one attached hydrogen (secondary N) is 1. The Labute approximate surface area is 90.3 Å². The third kappa shape index (κ3) is 4.33. The van der Waals surface area contributed by atoms with Crippen LogP contribution >= 0.6 is 12.8 Å². The molecule has 0 amide bonds. The fraction of sp³-hybridized carbons (Fsp3) is 0.364. The van der Waals surface area contributed by atoms with Crippen molar-refractivity contribution in [2.45, 2.75) is 19.8 Å². The van der Waals surface area contributed by atoms with Crippen LogP contribution in [-0.2, 0) is 4.79 Å². The van der Waals surface area contributed by atoms with Gasteiger partial charge in [0, 0.05) is 11.6 Å². The van der Waals surface area contributed by atoms with Gasteiger partial charge in [-0.05, 0) is 37.5 Å². The maximum Gasteiger partial charge on any atom is 0.123 e. The standard InChI is InChI=1S/C7H9NS.C4H6O/c1-6-3-2-4-7(5-6)8-9;5-3-4-1-2-4/h2-5,8-9H,1H3;3-4H,1-2H2. The SMILES string of the molecule is Cc1cccc(NS)c1.O=CC1CC1. The minimum atomic E-state index is 0.454. The predicted octanol–water partition coefficient (Wildman–Crippen LogP) is 2.85. The van der Waals surface area contributed by atoms with Crippen molar-refractivity contribution in [2.75, 3.05) is 4.72 Å². The summed E-state index contributed by atoms with van der Waals surface area (Å²) in [5, 5.41) is 0. The molecule has 2 nitrogen and oxygen atoms in total. The Kier molecular flexibility index (Phi) is 4.53. The van der Waals surface area contributed by atoms with E-state index in [1.165, 1.54) is 5.56 Å². The lowest BCUT2D eigenvalue weighted by atomic mass is 10.2. The Hall–Kier alpha value is -0.960. The second-order valence-corrected chi connectivity index (χ2v) is 3.68. The number of aryl methyl sites for hydroxylation is 1. The molecule has 0 unspecified atom stereocenters. The number of aldehydes is 1. The zero-order valence-corrected chi connectivity index (χ0v) is 9.13. The Balaban J connectivity index is 0.000000165. The molecule has 1 aliphatic carbocycles. The molecule has 0 spiro atoms. The molecule has 0 aromatic heterocycles. The zero-order valence-electron chi connectivity index (χ0n) is 8.23. The number of carbonyl (C=O) groups is 1. The molecule has 0 saturated heterocycles. The van der Waals surface area contributed by atoms with Gasteiger partial charge in [-0.2, -0.15) is 0 Å². The predicted molar refractivity (Wildman–Crippen MR) is 62.6 cm³/mol. The highest BCUT2D eigenvalue weighted by molar-refractivity contribution is 7.81. The first kappa shape index (κ1) is 11.1. The quantitative estimate of drug-likeness (QED) is 0.579. The third-order valence-corrected chi connectivity index (χ3v) is 2.22. The smallest absolute Gasteiger partial charge is 0.123 e. The van der Waals surface area contributed by atoms with Crippen molar-refractivity contribution >= 4 is 24.8 Å². The van der Waals surface area contributed by atoms with E-state index in [1.807, 2.05) is 18.2 Å². The number of benzene rings is 1. The highest BCUT2D eigenvalue weighted by Gasteiger charge is 2.18. The van der Waals surface area contributed by atoms with Gasteiger partial charge in [-0.3, -0.25) is 0 Å². The molecular weight excluding hydrogens is 194 g/mol. The van der Waals surface area contributed by atoms with E-state index in [4.69, 9.17) is 0 Å². The Bertz CT molecular complexity index is 297. The first-order valence-electron chi connectivity index (χ1n) is 4.68. The monoisotopic (exact) mass is 209 g/mol. The number of anilines is 1. The van der Waals surface area contributed by atoms with Crippen molar-refractivity contribution in [3.05, 3.63) is 29.8 Å². The molecule has 3 heteroatoms. The molecule has 0 aliphatic heterocycles. The zero-order chi connectivity index (χ0) is 10.4. The minimum Gasteiger partial charge on any atom is -0.332 e. The summed E-state index contributed by atoms with van der Waals surface area (Å²) < 4.78 is 2.76. The lowest BCUT2D eigenvalue weighted by Crippen LogP contribution is -1.79. The molecule has 1 aliphatic rings. The molecule has 1 fully saturated rings. The molecule has 0 radical (unpaired) electrons. The molecular formula is C11H15NOS. The highest BCUT2D eigenvalue weighted by Crippen LogP contribution is 2.25. The molecule has 0 heterocycles. The van der Waals surface area contributed by atoms with Crippen LogP contribution in [0.15, 0.2) is 24.3 Å². The molecule has 1 saturated carbocycles. The van der Waals surface area contributed by atoms with E-state index in [9.17, 15) is 4.79 Å². The second-order valence-electron chi connectivity index (χ2n) is 3.45. The maximum absolute atomic E-state index is 9.57. The van der Waals surface area contributed by atoms with E-state index in [2.05, 4.69) is 30.5 Å². The van der Waals surface area contributed by atoms with Crippen molar-refractivity contribution < 1.29 is 4.79 Å². The Morgan fingerprint density at radius 2 is 2.21 bits per heavy atom. The van der Waals surface area contributed by atoms with Crippen molar-refractivity contribution in [3.8, 4) is 0 Å². The topological polar surface area (TPSA) is 29.1 Å². The Morgan fingerprint density at radius 3 is 2.50 bits per heavy atom. The summed E-state index contributed by atoms with van der Waals surface area (Å²) >= 11 is 3.91. The van der Waals surface area contributed by atoms with E-state index in [0.29, 0.717) is 5.92 Å². The molecule has 1 aromatic carbocycles. The average molecular weight is 209 g/mol.